The first-order valence-corrected chi connectivity index (χ1v) is 8.45. The first kappa shape index (κ1) is 16.4. The van der Waals surface area contributed by atoms with Gasteiger partial charge in [0.1, 0.15) is 0 Å². The molecule has 0 radical (unpaired) electrons. The standard InChI is InChI=1S/C19H32N2/c1-13(2)18-11-17(21)9-10-19(18,14(3)4)12-15-5-7-16(20)8-6-15/h5-8,13-14,17-18H,9-12,20-21H2,1-4H3. The van der Waals surface area contributed by atoms with Crippen LogP contribution in [-0.2, 0) is 6.42 Å². The normalized spacial score (nSPS) is 30.0. The first-order chi connectivity index (χ1) is 9.85. The van der Waals surface area contributed by atoms with Gasteiger partial charge in [0.05, 0.1) is 0 Å². The summed E-state index contributed by atoms with van der Waals surface area (Å²) in [6.45, 7) is 9.51. The van der Waals surface area contributed by atoms with Crippen LogP contribution >= 0.6 is 0 Å². The van der Waals surface area contributed by atoms with Crippen molar-refractivity contribution in [1.82, 2.24) is 0 Å². The Morgan fingerprint density at radius 1 is 1.14 bits per heavy atom. The van der Waals surface area contributed by atoms with Crippen molar-refractivity contribution in [3.8, 4) is 0 Å². The molecule has 1 saturated carbocycles. The monoisotopic (exact) mass is 288 g/mol. The zero-order valence-electron chi connectivity index (χ0n) is 14.1. The molecule has 21 heavy (non-hydrogen) atoms. The third kappa shape index (κ3) is 3.42. The van der Waals surface area contributed by atoms with Gasteiger partial charge in [-0.05, 0) is 66.5 Å². The summed E-state index contributed by atoms with van der Waals surface area (Å²) in [6, 6.07) is 8.84. The van der Waals surface area contributed by atoms with Crippen LogP contribution < -0.4 is 11.5 Å². The summed E-state index contributed by atoms with van der Waals surface area (Å²) in [5, 5.41) is 0. The lowest BCUT2D eigenvalue weighted by molar-refractivity contribution is 0.00417. The highest BCUT2D eigenvalue weighted by molar-refractivity contribution is 5.39. The number of nitrogens with two attached hydrogens (primary N) is 2. The molecular weight excluding hydrogens is 256 g/mol. The fourth-order valence-electron chi connectivity index (χ4n) is 4.41. The minimum atomic E-state index is 0.375. The molecule has 1 aromatic carbocycles. The highest BCUT2D eigenvalue weighted by Gasteiger charge is 2.45. The van der Waals surface area contributed by atoms with Gasteiger partial charge in [-0.1, -0.05) is 39.8 Å². The average molecular weight is 288 g/mol. The Morgan fingerprint density at radius 2 is 1.76 bits per heavy atom. The van der Waals surface area contributed by atoms with Crippen LogP contribution in [0.3, 0.4) is 0 Å². The van der Waals surface area contributed by atoms with E-state index in [0.29, 0.717) is 29.2 Å². The highest BCUT2D eigenvalue weighted by atomic mass is 14.7. The molecule has 3 unspecified atom stereocenters. The lowest BCUT2D eigenvalue weighted by atomic mass is 9.54. The number of anilines is 1. The van der Waals surface area contributed by atoms with Crippen LogP contribution in [0.4, 0.5) is 5.69 Å². The molecule has 1 aliphatic rings. The van der Waals surface area contributed by atoms with Crippen molar-refractivity contribution in [3.63, 3.8) is 0 Å². The molecule has 1 fully saturated rings. The molecule has 2 rings (SSSR count). The summed E-state index contributed by atoms with van der Waals surface area (Å²) in [5.74, 6) is 2.07. The molecule has 3 atom stereocenters. The van der Waals surface area contributed by atoms with E-state index in [1.165, 1.54) is 18.4 Å². The Morgan fingerprint density at radius 3 is 2.29 bits per heavy atom. The van der Waals surface area contributed by atoms with E-state index < -0.39 is 0 Å². The predicted molar refractivity (Wildman–Crippen MR) is 92.0 cm³/mol. The van der Waals surface area contributed by atoms with Crippen molar-refractivity contribution in [2.45, 2.75) is 59.4 Å². The van der Waals surface area contributed by atoms with E-state index in [9.17, 15) is 0 Å². The number of benzene rings is 1. The van der Waals surface area contributed by atoms with Crippen LogP contribution in [0.25, 0.3) is 0 Å². The van der Waals surface area contributed by atoms with Gasteiger partial charge in [-0.25, -0.2) is 0 Å². The number of hydrogen-bond acceptors (Lipinski definition) is 2. The lowest BCUT2D eigenvalue weighted by Gasteiger charge is -2.51. The third-order valence-corrected chi connectivity index (χ3v) is 5.74. The SMILES string of the molecule is CC(C)C1CC(N)CCC1(Cc1ccc(N)cc1)C(C)C. The molecule has 1 aliphatic carbocycles. The van der Waals surface area contributed by atoms with Gasteiger partial charge in [0.25, 0.3) is 0 Å². The highest BCUT2D eigenvalue weighted by Crippen LogP contribution is 2.51. The Labute approximate surface area is 130 Å². The predicted octanol–water partition coefficient (Wildman–Crippen LogP) is 4.24. The maximum Gasteiger partial charge on any atom is 0.0314 e. The van der Waals surface area contributed by atoms with Crippen molar-refractivity contribution >= 4 is 5.69 Å². The molecule has 0 spiro atoms. The van der Waals surface area contributed by atoms with Gasteiger partial charge in [-0.15, -0.1) is 0 Å². The third-order valence-electron chi connectivity index (χ3n) is 5.74. The van der Waals surface area contributed by atoms with Gasteiger partial charge in [0.15, 0.2) is 0 Å². The quantitative estimate of drug-likeness (QED) is 0.814. The van der Waals surface area contributed by atoms with Gasteiger partial charge in [0, 0.05) is 11.7 Å². The second kappa shape index (κ2) is 6.39. The molecule has 2 nitrogen and oxygen atoms in total. The van der Waals surface area contributed by atoms with E-state index in [1.54, 1.807) is 0 Å². The van der Waals surface area contributed by atoms with E-state index in [0.717, 1.165) is 18.5 Å². The minimum absolute atomic E-state index is 0.375. The van der Waals surface area contributed by atoms with Crippen LogP contribution in [0.2, 0.25) is 0 Å². The largest absolute Gasteiger partial charge is 0.399 e. The second-order valence-electron chi connectivity index (χ2n) is 7.69. The van der Waals surface area contributed by atoms with Crippen molar-refractivity contribution in [2.75, 3.05) is 5.73 Å². The van der Waals surface area contributed by atoms with Gasteiger partial charge in [-0.3, -0.25) is 0 Å². The summed E-state index contributed by atoms with van der Waals surface area (Å²) < 4.78 is 0. The van der Waals surface area contributed by atoms with Crippen LogP contribution in [0.5, 0.6) is 0 Å². The molecule has 0 heterocycles. The van der Waals surface area contributed by atoms with Gasteiger partial charge >= 0.3 is 0 Å². The van der Waals surface area contributed by atoms with E-state index in [1.807, 2.05) is 12.1 Å². The lowest BCUT2D eigenvalue weighted by Crippen LogP contribution is -2.48. The van der Waals surface area contributed by atoms with E-state index in [2.05, 4.69) is 39.8 Å². The zero-order valence-corrected chi connectivity index (χ0v) is 14.1. The Kier molecular flexibility index (Phi) is 4.98. The maximum atomic E-state index is 6.28. The Bertz CT molecular complexity index is 449. The molecule has 4 N–H and O–H groups in total. The molecule has 0 bridgehead atoms. The number of hydrogen-bond donors (Lipinski definition) is 2. The van der Waals surface area contributed by atoms with Crippen molar-refractivity contribution in [2.24, 2.45) is 28.9 Å². The molecule has 0 saturated heterocycles. The fraction of sp³-hybridized carbons (Fsp3) is 0.684. The van der Waals surface area contributed by atoms with E-state index in [-0.39, 0.29) is 0 Å². The molecule has 0 aromatic heterocycles. The summed E-state index contributed by atoms with van der Waals surface area (Å²) in [4.78, 5) is 0. The summed E-state index contributed by atoms with van der Waals surface area (Å²) in [5.41, 5.74) is 14.8. The van der Waals surface area contributed by atoms with Crippen LogP contribution in [0, 0.1) is 23.2 Å². The van der Waals surface area contributed by atoms with Crippen LogP contribution in [-0.4, -0.2) is 6.04 Å². The molecule has 2 heteroatoms. The molecule has 1 aromatic rings. The second-order valence-corrected chi connectivity index (χ2v) is 7.69. The average Bonchev–Trinajstić information content (AvgIpc) is 2.43. The van der Waals surface area contributed by atoms with Gasteiger partial charge in [-0.2, -0.15) is 0 Å². The van der Waals surface area contributed by atoms with Crippen LogP contribution in [0.1, 0.15) is 52.5 Å². The summed E-state index contributed by atoms with van der Waals surface area (Å²) in [6.07, 6.45) is 4.74. The van der Waals surface area contributed by atoms with Gasteiger partial charge in [0.2, 0.25) is 0 Å². The zero-order chi connectivity index (χ0) is 15.6. The molecule has 0 aliphatic heterocycles. The summed E-state index contributed by atoms with van der Waals surface area (Å²) in [7, 11) is 0. The van der Waals surface area contributed by atoms with E-state index >= 15 is 0 Å². The molecule has 0 amide bonds. The van der Waals surface area contributed by atoms with Gasteiger partial charge < -0.3 is 11.5 Å². The van der Waals surface area contributed by atoms with Crippen molar-refractivity contribution in [3.05, 3.63) is 29.8 Å². The Hall–Kier alpha value is -1.02. The van der Waals surface area contributed by atoms with Crippen molar-refractivity contribution in [1.29, 1.82) is 0 Å². The van der Waals surface area contributed by atoms with E-state index in [4.69, 9.17) is 11.5 Å². The van der Waals surface area contributed by atoms with Crippen molar-refractivity contribution < 1.29 is 0 Å². The minimum Gasteiger partial charge on any atom is -0.399 e. The fourth-order valence-corrected chi connectivity index (χ4v) is 4.41. The number of nitrogen functional groups attached to an aromatic ring is 1. The summed E-state index contributed by atoms with van der Waals surface area (Å²) >= 11 is 0. The van der Waals surface area contributed by atoms with Crippen LogP contribution in [0.15, 0.2) is 24.3 Å². The Balaban J connectivity index is 2.32. The topological polar surface area (TPSA) is 52.0 Å². The number of rotatable bonds is 4. The molecule has 118 valence electrons. The smallest absolute Gasteiger partial charge is 0.0314 e. The first-order valence-electron chi connectivity index (χ1n) is 8.45. The molecular formula is C19H32N2. The maximum absolute atomic E-state index is 6.28.